The van der Waals surface area contributed by atoms with Crippen molar-refractivity contribution in [3.05, 3.63) is 65.2 Å². The largest absolute Gasteiger partial charge is 0.490 e. The highest BCUT2D eigenvalue weighted by Crippen LogP contribution is 2.27. The average molecular weight is 522 g/mol. The summed E-state index contributed by atoms with van der Waals surface area (Å²) in [6.07, 6.45) is 4.71. The van der Waals surface area contributed by atoms with Crippen molar-refractivity contribution >= 4 is 35.8 Å². The molecule has 0 unspecified atom stereocenters. The molecule has 0 aromatic heterocycles. The zero-order chi connectivity index (χ0) is 20.5. The van der Waals surface area contributed by atoms with Crippen LogP contribution in [0.5, 0.6) is 5.75 Å². The van der Waals surface area contributed by atoms with E-state index in [4.69, 9.17) is 4.74 Å². The quantitative estimate of drug-likeness (QED) is 0.282. The zero-order valence-electron chi connectivity index (χ0n) is 17.6. The molecule has 30 heavy (non-hydrogen) atoms. The van der Waals surface area contributed by atoms with Crippen LogP contribution in [-0.4, -0.2) is 38.6 Å². The van der Waals surface area contributed by atoms with Gasteiger partial charge in [-0.15, -0.1) is 24.0 Å². The molecular weight excluding hydrogens is 491 g/mol. The number of nitrogens with zero attached hydrogens (tertiary/aromatic N) is 1. The highest BCUT2D eigenvalue weighted by atomic mass is 127. The summed E-state index contributed by atoms with van der Waals surface area (Å²) < 4.78 is 6.09. The number of para-hydroxylation sites is 1. The molecule has 1 aliphatic carbocycles. The van der Waals surface area contributed by atoms with E-state index >= 15 is 0 Å². The number of benzene rings is 2. The van der Waals surface area contributed by atoms with Gasteiger partial charge in [0.15, 0.2) is 5.96 Å². The fourth-order valence-corrected chi connectivity index (χ4v) is 3.17. The van der Waals surface area contributed by atoms with Crippen molar-refractivity contribution in [3.8, 4) is 5.75 Å². The van der Waals surface area contributed by atoms with Crippen LogP contribution >= 0.6 is 24.0 Å². The van der Waals surface area contributed by atoms with Gasteiger partial charge in [0.1, 0.15) is 5.75 Å². The van der Waals surface area contributed by atoms with Gasteiger partial charge in [-0.2, -0.15) is 0 Å². The van der Waals surface area contributed by atoms with E-state index in [9.17, 15) is 4.79 Å². The van der Waals surface area contributed by atoms with Crippen molar-refractivity contribution in [3.63, 3.8) is 0 Å². The lowest BCUT2D eigenvalue weighted by Gasteiger charge is -2.27. The Labute approximate surface area is 195 Å². The Hall–Kier alpha value is -2.29. The van der Waals surface area contributed by atoms with E-state index in [1.54, 1.807) is 14.1 Å². The predicted octanol–water partition coefficient (Wildman–Crippen LogP) is 3.50. The molecule has 1 saturated carbocycles. The third-order valence-corrected chi connectivity index (χ3v) is 5.11. The lowest BCUT2D eigenvalue weighted by molar-refractivity contribution is 0.0963. The van der Waals surface area contributed by atoms with E-state index in [-0.39, 0.29) is 29.9 Å². The zero-order valence-corrected chi connectivity index (χ0v) is 19.9. The topological polar surface area (TPSA) is 74.8 Å². The minimum atomic E-state index is -0.0694. The van der Waals surface area contributed by atoms with Gasteiger partial charge >= 0.3 is 0 Å². The molecular formula is C23H31IN4O2. The molecule has 0 aliphatic heterocycles. The maximum atomic E-state index is 11.8. The van der Waals surface area contributed by atoms with E-state index in [0.29, 0.717) is 18.2 Å². The van der Waals surface area contributed by atoms with Gasteiger partial charge in [-0.1, -0.05) is 30.3 Å². The minimum Gasteiger partial charge on any atom is -0.490 e. The number of rotatable bonds is 8. The molecule has 0 atom stereocenters. The standard InChI is InChI=1S/C23H30N4O2.HI/c1-24-22(28)18-9-5-7-17(15-18)13-14-26-23(25-2)27-16-19-8-3-4-12-21(19)29-20-10-6-11-20;/h3-5,7-9,12,15,20H,6,10-11,13-14,16H2,1-2H3,(H,24,28)(H2,25,26,27);1H. The maximum Gasteiger partial charge on any atom is 0.251 e. The van der Waals surface area contributed by atoms with Gasteiger partial charge in [0.05, 0.1) is 6.10 Å². The van der Waals surface area contributed by atoms with E-state index < -0.39 is 0 Å². The second kappa shape index (κ2) is 12.4. The second-order valence-electron chi connectivity index (χ2n) is 7.16. The number of aliphatic imine (C=N–C) groups is 1. The Kier molecular flexibility index (Phi) is 9.93. The number of carbonyl (C=O) groups is 1. The number of hydrogen-bond acceptors (Lipinski definition) is 3. The van der Waals surface area contributed by atoms with Crippen LogP contribution in [0.2, 0.25) is 0 Å². The van der Waals surface area contributed by atoms with E-state index in [2.05, 4.69) is 27.0 Å². The van der Waals surface area contributed by atoms with E-state index in [0.717, 1.165) is 48.6 Å². The normalized spacial score (nSPS) is 13.6. The molecule has 6 nitrogen and oxygen atoms in total. The molecule has 0 heterocycles. The highest BCUT2D eigenvalue weighted by Gasteiger charge is 2.20. The monoisotopic (exact) mass is 522 g/mol. The summed E-state index contributed by atoms with van der Waals surface area (Å²) in [7, 11) is 3.40. The maximum absolute atomic E-state index is 11.8. The molecule has 0 bridgehead atoms. The van der Waals surface area contributed by atoms with Gasteiger partial charge in [0.25, 0.3) is 5.91 Å². The van der Waals surface area contributed by atoms with Gasteiger partial charge < -0.3 is 20.7 Å². The fraction of sp³-hybridized carbons (Fsp3) is 0.391. The lowest BCUT2D eigenvalue weighted by atomic mass is 9.96. The summed E-state index contributed by atoms with van der Waals surface area (Å²) in [6, 6.07) is 15.8. The van der Waals surface area contributed by atoms with Crippen LogP contribution < -0.4 is 20.7 Å². The fourth-order valence-electron chi connectivity index (χ4n) is 3.17. The summed E-state index contributed by atoms with van der Waals surface area (Å²) in [4.78, 5) is 16.1. The van der Waals surface area contributed by atoms with Crippen molar-refractivity contribution in [2.45, 2.75) is 38.3 Å². The molecule has 0 saturated heterocycles. The smallest absolute Gasteiger partial charge is 0.251 e. The summed E-state index contributed by atoms with van der Waals surface area (Å²) in [5.41, 5.74) is 2.91. The van der Waals surface area contributed by atoms with Crippen LogP contribution in [0.15, 0.2) is 53.5 Å². The van der Waals surface area contributed by atoms with E-state index in [1.807, 2.05) is 42.5 Å². The van der Waals surface area contributed by atoms with Gasteiger partial charge in [0.2, 0.25) is 0 Å². The van der Waals surface area contributed by atoms with Gasteiger partial charge in [0, 0.05) is 38.3 Å². The molecule has 7 heteroatoms. The molecule has 0 radical (unpaired) electrons. The lowest BCUT2D eigenvalue weighted by Crippen LogP contribution is -2.38. The second-order valence-corrected chi connectivity index (χ2v) is 7.16. The first-order chi connectivity index (χ1) is 14.2. The van der Waals surface area contributed by atoms with Crippen LogP contribution in [0.4, 0.5) is 0 Å². The van der Waals surface area contributed by atoms with Crippen molar-refractivity contribution in [1.82, 2.24) is 16.0 Å². The number of ether oxygens (including phenoxy) is 1. The third kappa shape index (κ3) is 6.90. The number of halogens is 1. The molecule has 1 fully saturated rings. The first-order valence-electron chi connectivity index (χ1n) is 10.2. The highest BCUT2D eigenvalue weighted by molar-refractivity contribution is 14.0. The van der Waals surface area contributed by atoms with Gasteiger partial charge in [-0.05, 0) is 49.4 Å². The number of hydrogen-bond donors (Lipinski definition) is 3. The first kappa shape index (κ1) is 24.0. The molecule has 0 spiro atoms. The van der Waals surface area contributed by atoms with Crippen LogP contribution in [0.3, 0.4) is 0 Å². The summed E-state index contributed by atoms with van der Waals surface area (Å²) in [5, 5.41) is 9.34. The summed E-state index contributed by atoms with van der Waals surface area (Å²) in [5.74, 6) is 1.62. The molecule has 1 aliphatic rings. The number of amides is 1. The number of carbonyl (C=O) groups excluding carboxylic acids is 1. The van der Waals surface area contributed by atoms with Crippen molar-refractivity contribution in [2.24, 2.45) is 4.99 Å². The van der Waals surface area contributed by atoms with Crippen LogP contribution in [0.25, 0.3) is 0 Å². The number of nitrogens with one attached hydrogen (secondary N) is 3. The Morgan fingerprint density at radius 3 is 2.63 bits per heavy atom. The molecule has 162 valence electrons. The van der Waals surface area contributed by atoms with Crippen molar-refractivity contribution in [1.29, 1.82) is 0 Å². The van der Waals surface area contributed by atoms with Crippen LogP contribution in [-0.2, 0) is 13.0 Å². The molecule has 3 N–H and O–H groups in total. The molecule has 3 rings (SSSR count). The molecule has 1 amide bonds. The van der Waals surface area contributed by atoms with Crippen molar-refractivity contribution < 1.29 is 9.53 Å². The van der Waals surface area contributed by atoms with E-state index in [1.165, 1.54) is 6.42 Å². The van der Waals surface area contributed by atoms with Gasteiger partial charge in [-0.3, -0.25) is 9.79 Å². The Bertz CT molecular complexity index is 853. The third-order valence-electron chi connectivity index (χ3n) is 5.11. The minimum absolute atomic E-state index is 0. The summed E-state index contributed by atoms with van der Waals surface area (Å²) >= 11 is 0. The molecule has 2 aromatic carbocycles. The van der Waals surface area contributed by atoms with Crippen LogP contribution in [0.1, 0.15) is 40.7 Å². The van der Waals surface area contributed by atoms with Gasteiger partial charge in [-0.25, -0.2) is 0 Å². The Morgan fingerprint density at radius 2 is 1.93 bits per heavy atom. The predicted molar refractivity (Wildman–Crippen MR) is 132 cm³/mol. The van der Waals surface area contributed by atoms with Crippen LogP contribution in [0, 0.1) is 0 Å². The average Bonchev–Trinajstić information content (AvgIpc) is 2.73. The SMILES string of the molecule is CN=C(NCCc1cccc(C(=O)NC)c1)NCc1ccccc1OC1CCC1.I. The Balaban J connectivity index is 0.00000320. The van der Waals surface area contributed by atoms with Crippen molar-refractivity contribution in [2.75, 3.05) is 20.6 Å². The number of guanidine groups is 1. The molecule has 2 aromatic rings. The first-order valence-corrected chi connectivity index (χ1v) is 10.2. The Morgan fingerprint density at radius 1 is 1.13 bits per heavy atom. The summed E-state index contributed by atoms with van der Waals surface area (Å²) in [6.45, 7) is 1.37.